The van der Waals surface area contributed by atoms with E-state index in [0.717, 1.165) is 51.9 Å². The molecular weight excluding hydrogens is 424 g/mol. The molecule has 1 aromatic heterocycles. The van der Waals surface area contributed by atoms with Crippen molar-refractivity contribution in [2.75, 3.05) is 25.7 Å². The summed E-state index contributed by atoms with van der Waals surface area (Å²) < 4.78 is 0.909. The number of nitrogens with one attached hydrogen (secondary N) is 1. The number of carbonyl (C=O) groups excluding carboxylic acids is 1. The Morgan fingerprint density at radius 1 is 1.33 bits per heavy atom. The number of aryl methyl sites for hydroxylation is 1. The van der Waals surface area contributed by atoms with Crippen LogP contribution < -0.4 is 9.80 Å². The number of benzene rings is 1. The Hall–Kier alpha value is -2.01. The fraction of sp³-hybridized carbons (Fsp3) is 0.350. The molecule has 2 aliphatic rings. The number of nitriles is 1. The van der Waals surface area contributed by atoms with Gasteiger partial charge < -0.3 is 4.90 Å². The molecule has 1 amide bonds. The van der Waals surface area contributed by atoms with Gasteiger partial charge in [0.15, 0.2) is 6.67 Å². The van der Waals surface area contributed by atoms with Crippen molar-refractivity contribution in [2.24, 2.45) is 4.99 Å². The predicted octanol–water partition coefficient (Wildman–Crippen LogP) is 2.83. The van der Waals surface area contributed by atoms with Gasteiger partial charge in [0.25, 0.3) is 5.91 Å². The van der Waals surface area contributed by atoms with Crippen molar-refractivity contribution in [3.05, 3.63) is 44.2 Å². The van der Waals surface area contributed by atoms with Gasteiger partial charge in [0.05, 0.1) is 25.3 Å². The second-order valence-electron chi connectivity index (χ2n) is 7.22. The number of rotatable bonds is 3. The van der Waals surface area contributed by atoms with Gasteiger partial charge in [-0.1, -0.05) is 15.9 Å². The van der Waals surface area contributed by atoms with Crippen LogP contribution in [-0.2, 0) is 17.6 Å². The molecule has 1 aromatic carbocycles. The number of thiophene rings is 1. The summed E-state index contributed by atoms with van der Waals surface area (Å²) in [5.74, 6) is -0.0976. The molecule has 27 heavy (non-hydrogen) atoms. The molecule has 5 nitrogen and oxygen atoms in total. The van der Waals surface area contributed by atoms with Crippen molar-refractivity contribution in [1.29, 1.82) is 5.26 Å². The fourth-order valence-electron chi connectivity index (χ4n) is 3.71. The van der Waals surface area contributed by atoms with E-state index in [1.54, 1.807) is 16.2 Å². The molecule has 0 bridgehead atoms. The normalized spacial score (nSPS) is 17.4. The van der Waals surface area contributed by atoms with Crippen LogP contribution in [0.3, 0.4) is 0 Å². The van der Waals surface area contributed by atoms with Gasteiger partial charge >= 0.3 is 0 Å². The number of aliphatic imine (C=N–C) groups is 1. The zero-order valence-corrected chi connectivity index (χ0v) is 17.7. The number of hydrogen-bond acceptors (Lipinski definition) is 4. The van der Waals surface area contributed by atoms with E-state index >= 15 is 0 Å². The lowest BCUT2D eigenvalue weighted by Gasteiger charge is -2.18. The molecule has 2 aromatic rings. The summed E-state index contributed by atoms with van der Waals surface area (Å²) in [5, 5.41) is 10.4. The highest BCUT2D eigenvalue weighted by molar-refractivity contribution is 9.10. The monoisotopic (exact) mass is 443 g/mol. The molecule has 0 atom stereocenters. The SMILES string of the molecule is C[NH+](C)CN1C(=O)C(=Nc2sc3c(c2C#N)CCCC3)c2cc(Br)ccc21. The molecule has 0 fully saturated rings. The summed E-state index contributed by atoms with van der Waals surface area (Å²) in [4.78, 5) is 22.1. The average Bonchev–Trinajstić information content (AvgIpc) is 3.11. The molecule has 0 spiro atoms. The van der Waals surface area contributed by atoms with E-state index in [1.807, 2.05) is 32.3 Å². The van der Waals surface area contributed by atoms with Crippen molar-refractivity contribution >= 4 is 49.6 Å². The van der Waals surface area contributed by atoms with Crippen LogP contribution in [0.2, 0.25) is 0 Å². The van der Waals surface area contributed by atoms with Gasteiger partial charge in [0.1, 0.15) is 16.8 Å². The van der Waals surface area contributed by atoms with Crippen LogP contribution in [0.4, 0.5) is 10.7 Å². The number of hydrogen-bond donors (Lipinski definition) is 1. The smallest absolute Gasteiger partial charge is 0.282 e. The number of carbonyl (C=O) groups is 1. The standard InChI is InChI=1S/C20H19BrN4OS/c1-24(2)11-25-16-8-7-12(21)9-14(16)18(20(25)26)23-19-15(10-22)13-5-3-4-6-17(13)27-19/h7-9H,3-6,11H2,1-2H3/p+1. The topological polar surface area (TPSA) is 60.9 Å². The van der Waals surface area contributed by atoms with E-state index in [0.29, 0.717) is 22.9 Å². The maximum absolute atomic E-state index is 13.1. The van der Waals surface area contributed by atoms with Gasteiger partial charge in [-0.3, -0.25) is 9.69 Å². The van der Waals surface area contributed by atoms with Crippen molar-refractivity contribution in [2.45, 2.75) is 25.7 Å². The molecule has 1 aliphatic carbocycles. The molecule has 4 rings (SSSR count). The molecule has 0 radical (unpaired) electrons. The number of amides is 1. The molecular formula is C20H20BrN4OS+. The lowest BCUT2D eigenvalue weighted by molar-refractivity contribution is -0.856. The highest BCUT2D eigenvalue weighted by Gasteiger charge is 2.36. The fourth-order valence-corrected chi connectivity index (χ4v) is 5.29. The summed E-state index contributed by atoms with van der Waals surface area (Å²) in [6, 6.07) is 8.17. The Labute approximate surface area is 171 Å². The zero-order valence-electron chi connectivity index (χ0n) is 15.3. The molecule has 1 N–H and O–H groups in total. The van der Waals surface area contributed by atoms with Crippen LogP contribution in [0.15, 0.2) is 27.7 Å². The van der Waals surface area contributed by atoms with Crippen LogP contribution in [0.25, 0.3) is 0 Å². The van der Waals surface area contributed by atoms with Gasteiger partial charge in [-0.15, -0.1) is 11.3 Å². The van der Waals surface area contributed by atoms with Gasteiger partial charge in [0, 0.05) is 14.9 Å². The van der Waals surface area contributed by atoms with Crippen LogP contribution in [0.5, 0.6) is 0 Å². The molecule has 0 unspecified atom stereocenters. The van der Waals surface area contributed by atoms with Crippen molar-refractivity contribution in [1.82, 2.24) is 0 Å². The Morgan fingerprint density at radius 2 is 2.11 bits per heavy atom. The molecule has 138 valence electrons. The number of anilines is 1. The lowest BCUT2D eigenvalue weighted by Crippen LogP contribution is -3.07. The van der Waals surface area contributed by atoms with E-state index in [2.05, 4.69) is 22.0 Å². The Morgan fingerprint density at radius 3 is 2.85 bits per heavy atom. The molecule has 2 heterocycles. The summed E-state index contributed by atoms with van der Waals surface area (Å²) in [7, 11) is 4.03. The first-order valence-electron chi connectivity index (χ1n) is 9.03. The highest BCUT2D eigenvalue weighted by atomic mass is 79.9. The minimum atomic E-state index is -0.0976. The number of nitrogens with zero attached hydrogens (tertiary/aromatic N) is 3. The third kappa shape index (κ3) is 3.22. The van der Waals surface area contributed by atoms with Gasteiger partial charge in [-0.25, -0.2) is 4.99 Å². The number of quaternary nitrogens is 1. The largest absolute Gasteiger partial charge is 0.322 e. The van der Waals surface area contributed by atoms with E-state index in [9.17, 15) is 10.1 Å². The molecule has 0 saturated heterocycles. The highest BCUT2D eigenvalue weighted by Crippen LogP contribution is 2.41. The first-order valence-corrected chi connectivity index (χ1v) is 10.6. The first-order chi connectivity index (χ1) is 13.0. The van der Waals surface area contributed by atoms with Gasteiger partial charge in [-0.05, 0) is 49.4 Å². The van der Waals surface area contributed by atoms with Crippen molar-refractivity contribution in [3.63, 3.8) is 0 Å². The second-order valence-corrected chi connectivity index (χ2v) is 9.22. The maximum Gasteiger partial charge on any atom is 0.282 e. The van der Waals surface area contributed by atoms with E-state index < -0.39 is 0 Å². The minimum Gasteiger partial charge on any atom is -0.322 e. The van der Waals surface area contributed by atoms with Crippen molar-refractivity contribution < 1.29 is 9.69 Å². The molecule has 7 heteroatoms. The van der Waals surface area contributed by atoms with E-state index in [-0.39, 0.29) is 5.91 Å². The zero-order chi connectivity index (χ0) is 19.1. The maximum atomic E-state index is 13.1. The third-order valence-corrected chi connectivity index (χ3v) is 6.58. The van der Waals surface area contributed by atoms with E-state index in [1.165, 1.54) is 4.88 Å². The predicted molar refractivity (Wildman–Crippen MR) is 111 cm³/mol. The average molecular weight is 444 g/mol. The van der Waals surface area contributed by atoms with Crippen LogP contribution in [-0.4, -0.2) is 32.4 Å². The molecule has 1 aliphatic heterocycles. The van der Waals surface area contributed by atoms with Crippen molar-refractivity contribution in [3.8, 4) is 6.07 Å². The van der Waals surface area contributed by atoms with Gasteiger partial charge in [-0.2, -0.15) is 5.26 Å². The van der Waals surface area contributed by atoms with Crippen LogP contribution >= 0.6 is 27.3 Å². The summed E-state index contributed by atoms with van der Waals surface area (Å²) in [6.07, 6.45) is 4.21. The Bertz CT molecular complexity index is 1000. The van der Waals surface area contributed by atoms with E-state index in [4.69, 9.17) is 4.99 Å². The summed E-state index contributed by atoms with van der Waals surface area (Å²) in [5.41, 5.74) is 3.93. The second kappa shape index (κ2) is 7.19. The van der Waals surface area contributed by atoms with Crippen LogP contribution in [0.1, 0.15) is 34.4 Å². The van der Waals surface area contributed by atoms with Gasteiger partial charge in [0.2, 0.25) is 0 Å². The Kier molecular flexibility index (Phi) is 4.89. The van der Waals surface area contributed by atoms with Crippen LogP contribution in [0, 0.1) is 11.3 Å². The Balaban J connectivity index is 1.85. The lowest BCUT2D eigenvalue weighted by atomic mass is 9.96. The first kappa shape index (κ1) is 18.4. The molecule has 0 saturated carbocycles. The quantitative estimate of drug-likeness (QED) is 0.792. The number of halogens is 1. The summed E-state index contributed by atoms with van der Waals surface area (Å²) >= 11 is 5.08. The summed E-state index contributed by atoms with van der Waals surface area (Å²) in [6.45, 7) is 0.568. The third-order valence-electron chi connectivity index (χ3n) is 4.90. The minimum absolute atomic E-state index is 0.0976. The number of fused-ring (bicyclic) bond motifs is 2.